The molecule has 1 aromatic carbocycles. The molecule has 2 rings (SSSR count). The van der Waals surface area contributed by atoms with Crippen LogP contribution in [0.4, 0.5) is 0 Å². The van der Waals surface area contributed by atoms with E-state index in [2.05, 4.69) is 22.3 Å². The third-order valence-corrected chi connectivity index (χ3v) is 2.83. The van der Waals surface area contributed by atoms with Crippen LogP contribution in [-0.4, -0.2) is 22.6 Å². The van der Waals surface area contributed by atoms with Gasteiger partial charge in [-0.1, -0.05) is 35.5 Å². The average Bonchev–Trinajstić information content (AvgIpc) is 2.52. The van der Waals surface area contributed by atoms with E-state index in [0.29, 0.717) is 18.1 Å². The van der Waals surface area contributed by atoms with E-state index in [-0.39, 0.29) is 5.84 Å². The number of nitrogens with zero attached hydrogens (tertiary/aromatic N) is 2. The van der Waals surface area contributed by atoms with Crippen LogP contribution in [0.15, 0.2) is 53.8 Å². The Labute approximate surface area is 117 Å². The van der Waals surface area contributed by atoms with Crippen molar-refractivity contribution in [2.75, 3.05) is 6.61 Å². The molecule has 5 heteroatoms. The van der Waals surface area contributed by atoms with Crippen molar-refractivity contribution in [3.05, 3.63) is 59.9 Å². The van der Waals surface area contributed by atoms with Crippen LogP contribution in [0.1, 0.15) is 17.7 Å². The van der Waals surface area contributed by atoms with Crippen LogP contribution < -0.4 is 10.5 Å². The highest BCUT2D eigenvalue weighted by atomic mass is 16.5. The molecule has 0 fully saturated rings. The maximum atomic E-state index is 8.70. The summed E-state index contributed by atoms with van der Waals surface area (Å²) >= 11 is 0. The van der Waals surface area contributed by atoms with Crippen molar-refractivity contribution in [2.45, 2.75) is 12.8 Å². The van der Waals surface area contributed by atoms with Gasteiger partial charge in [0.2, 0.25) is 0 Å². The SMILES string of the molecule is N/C(=N/O)c1ncccc1OCCCc1ccccc1. The van der Waals surface area contributed by atoms with Gasteiger partial charge in [0.1, 0.15) is 5.75 Å². The first-order valence-corrected chi connectivity index (χ1v) is 6.41. The van der Waals surface area contributed by atoms with Gasteiger partial charge in [0.25, 0.3) is 0 Å². The molecule has 104 valence electrons. The molecule has 20 heavy (non-hydrogen) atoms. The number of aromatic nitrogens is 1. The van der Waals surface area contributed by atoms with E-state index in [1.54, 1.807) is 18.3 Å². The first kappa shape index (κ1) is 13.9. The Morgan fingerprint density at radius 3 is 2.75 bits per heavy atom. The lowest BCUT2D eigenvalue weighted by atomic mass is 10.1. The second-order valence-corrected chi connectivity index (χ2v) is 4.27. The Morgan fingerprint density at radius 1 is 1.20 bits per heavy atom. The normalized spacial score (nSPS) is 11.3. The summed E-state index contributed by atoms with van der Waals surface area (Å²) in [6.07, 6.45) is 3.40. The highest BCUT2D eigenvalue weighted by Gasteiger charge is 2.08. The molecule has 0 aliphatic rings. The molecular formula is C15H17N3O2. The zero-order valence-corrected chi connectivity index (χ0v) is 11.1. The van der Waals surface area contributed by atoms with Crippen molar-refractivity contribution < 1.29 is 9.94 Å². The van der Waals surface area contributed by atoms with Gasteiger partial charge in [0.15, 0.2) is 11.5 Å². The molecule has 1 heterocycles. The van der Waals surface area contributed by atoms with Gasteiger partial charge >= 0.3 is 0 Å². The Hall–Kier alpha value is -2.56. The molecule has 0 atom stereocenters. The zero-order chi connectivity index (χ0) is 14.2. The molecule has 1 aromatic heterocycles. The quantitative estimate of drug-likeness (QED) is 0.277. The summed E-state index contributed by atoms with van der Waals surface area (Å²) in [5, 5.41) is 11.6. The number of pyridine rings is 1. The van der Waals surface area contributed by atoms with Crippen LogP contribution >= 0.6 is 0 Å². The minimum Gasteiger partial charge on any atom is -0.491 e. The van der Waals surface area contributed by atoms with Crippen molar-refractivity contribution in [2.24, 2.45) is 10.9 Å². The fourth-order valence-electron chi connectivity index (χ4n) is 1.85. The van der Waals surface area contributed by atoms with Crippen LogP contribution in [0, 0.1) is 0 Å². The van der Waals surface area contributed by atoms with Crippen LogP contribution in [0.2, 0.25) is 0 Å². The summed E-state index contributed by atoms with van der Waals surface area (Å²) in [5.74, 6) is 0.472. The molecule has 0 spiro atoms. The molecule has 2 aromatic rings. The van der Waals surface area contributed by atoms with Gasteiger partial charge in [-0.3, -0.25) is 0 Å². The van der Waals surface area contributed by atoms with E-state index in [0.717, 1.165) is 12.8 Å². The summed E-state index contributed by atoms with van der Waals surface area (Å²) in [7, 11) is 0. The molecular weight excluding hydrogens is 254 g/mol. The van der Waals surface area contributed by atoms with Gasteiger partial charge in [0.05, 0.1) is 6.61 Å². The van der Waals surface area contributed by atoms with E-state index in [1.807, 2.05) is 18.2 Å². The molecule has 0 aliphatic heterocycles. The fraction of sp³-hybridized carbons (Fsp3) is 0.200. The van der Waals surface area contributed by atoms with E-state index < -0.39 is 0 Å². The number of nitrogens with two attached hydrogens (primary N) is 1. The predicted molar refractivity (Wildman–Crippen MR) is 77.0 cm³/mol. The maximum absolute atomic E-state index is 8.70. The monoisotopic (exact) mass is 271 g/mol. The highest BCUT2D eigenvalue weighted by Crippen LogP contribution is 2.15. The topological polar surface area (TPSA) is 80.7 Å². The number of benzene rings is 1. The van der Waals surface area contributed by atoms with Gasteiger partial charge < -0.3 is 15.7 Å². The lowest BCUT2D eigenvalue weighted by Gasteiger charge is -2.09. The number of hydrogen-bond acceptors (Lipinski definition) is 4. The van der Waals surface area contributed by atoms with E-state index in [4.69, 9.17) is 15.7 Å². The van der Waals surface area contributed by atoms with Gasteiger partial charge in [-0.05, 0) is 30.5 Å². The number of ether oxygens (including phenoxy) is 1. The Bertz CT molecular complexity index is 570. The number of hydrogen-bond donors (Lipinski definition) is 2. The molecule has 0 radical (unpaired) electrons. The minimum atomic E-state index is -0.0522. The van der Waals surface area contributed by atoms with Gasteiger partial charge in [0, 0.05) is 6.20 Å². The molecule has 0 saturated carbocycles. The third-order valence-electron chi connectivity index (χ3n) is 2.83. The molecule has 3 N–H and O–H groups in total. The van der Waals surface area contributed by atoms with Crippen molar-refractivity contribution in [1.29, 1.82) is 0 Å². The van der Waals surface area contributed by atoms with Crippen LogP contribution in [0.25, 0.3) is 0 Å². The molecule has 0 bridgehead atoms. The third kappa shape index (κ3) is 3.71. The van der Waals surface area contributed by atoms with Crippen molar-refractivity contribution in [1.82, 2.24) is 4.98 Å². The molecule has 0 saturated heterocycles. The molecule has 0 unspecified atom stereocenters. The number of oxime groups is 1. The Balaban J connectivity index is 1.88. The van der Waals surface area contributed by atoms with Crippen LogP contribution in [0.5, 0.6) is 5.75 Å². The van der Waals surface area contributed by atoms with Crippen molar-refractivity contribution in [3.63, 3.8) is 0 Å². The summed E-state index contributed by atoms with van der Waals surface area (Å²) in [6.45, 7) is 0.548. The van der Waals surface area contributed by atoms with E-state index >= 15 is 0 Å². The second kappa shape index (κ2) is 7.13. The van der Waals surface area contributed by atoms with Gasteiger partial charge in [-0.25, -0.2) is 4.98 Å². The number of aryl methyl sites for hydroxylation is 1. The zero-order valence-electron chi connectivity index (χ0n) is 11.1. The largest absolute Gasteiger partial charge is 0.491 e. The lowest BCUT2D eigenvalue weighted by Crippen LogP contribution is -2.17. The lowest BCUT2D eigenvalue weighted by molar-refractivity contribution is 0.306. The van der Waals surface area contributed by atoms with Crippen LogP contribution in [0.3, 0.4) is 0 Å². The van der Waals surface area contributed by atoms with E-state index in [1.165, 1.54) is 5.56 Å². The number of amidine groups is 1. The van der Waals surface area contributed by atoms with Crippen LogP contribution in [-0.2, 0) is 6.42 Å². The Kier molecular flexibility index (Phi) is 4.94. The Morgan fingerprint density at radius 2 is 2.00 bits per heavy atom. The minimum absolute atomic E-state index is 0.0522. The average molecular weight is 271 g/mol. The first-order chi connectivity index (χ1) is 9.81. The van der Waals surface area contributed by atoms with Crippen molar-refractivity contribution >= 4 is 5.84 Å². The first-order valence-electron chi connectivity index (χ1n) is 6.41. The standard InChI is InChI=1S/C15H17N3O2/c16-15(18-19)14-13(9-4-10-17-14)20-11-5-8-12-6-2-1-3-7-12/h1-4,6-7,9-10,19H,5,8,11H2,(H2,16,18). The van der Waals surface area contributed by atoms with Gasteiger partial charge in [-0.15, -0.1) is 0 Å². The molecule has 0 aliphatic carbocycles. The summed E-state index contributed by atoms with van der Waals surface area (Å²) in [5.41, 5.74) is 7.18. The maximum Gasteiger partial charge on any atom is 0.192 e. The fourth-order valence-corrected chi connectivity index (χ4v) is 1.85. The van der Waals surface area contributed by atoms with Crippen molar-refractivity contribution in [3.8, 4) is 5.75 Å². The summed E-state index contributed by atoms with van der Waals surface area (Å²) in [6, 6.07) is 13.7. The predicted octanol–water partition coefficient (Wildman–Crippen LogP) is 2.19. The summed E-state index contributed by atoms with van der Waals surface area (Å²) in [4.78, 5) is 4.05. The second-order valence-electron chi connectivity index (χ2n) is 4.27. The summed E-state index contributed by atoms with van der Waals surface area (Å²) < 4.78 is 5.65. The smallest absolute Gasteiger partial charge is 0.192 e. The highest BCUT2D eigenvalue weighted by molar-refractivity contribution is 5.97. The molecule has 5 nitrogen and oxygen atoms in total. The molecule has 0 amide bonds. The van der Waals surface area contributed by atoms with Gasteiger partial charge in [-0.2, -0.15) is 0 Å². The number of rotatable bonds is 6. The van der Waals surface area contributed by atoms with E-state index in [9.17, 15) is 0 Å².